The number of amides is 1. The number of carbonyl (C=O) groups excluding carboxylic acids is 1. The molecule has 0 radical (unpaired) electrons. The van der Waals surface area contributed by atoms with Crippen molar-refractivity contribution in [3.8, 4) is 0 Å². The van der Waals surface area contributed by atoms with Crippen molar-refractivity contribution >= 4 is 23.4 Å². The molecule has 1 aromatic carbocycles. The SMILES string of the molecule is NC(=O)Cn1cc(Nc2nccc(NCc3c(F)cccc3F)n2)cn1. The molecule has 0 aliphatic carbocycles. The van der Waals surface area contributed by atoms with Crippen LogP contribution in [-0.4, -0.2) is 25.7 Å². The van der Waals surface area contributed by atoms with E-state index in [1.807, 2.05) is 0 Å². The first-order chi connectivity index (χ1) is 12.5. The molecule has 3 rings (SSSR count). The van der Waals surface area contributed by atoms with Gasteiger partial charge < -0.3 is 16.4 Å². The Morgan fingerprint density at radius 2 is 2.00 bits per heavy atom. The van der Waals surface area contributed by atoms with E-state index in [1.54, 1.807) is 12.3 Å². The molecular formula is C16H15F2N7O. The number of nitrogens with one attached hydrogen (secondary N) is 2. The molecule has 0 aliphatic heterocycles. The Balaban J connectivity index is 1.66. The molecule has 1 amide bonds. The zero-order valence-corrected chi connectivity index (χ0v) is 13.5. The minimum atomic E-state index is -0.633. The predicted molar refractivity (Wildman–Crippen MR) is 90.4 cm³/mol. The first-order valence-electron chi connectivity index (χ1n) is 7.59. The maximum Gasteiger partial charge on any atom is 0.239 e. The van der Waals surface area contributed by atoms with Crippen molar-refractivity contribution in [2.45, 2.75) is 13.1 Å². The summed E-state index contributed by atoms with van der Waals surface area (Å²) in [6.45, 7) is -0.107. The first kappa shape index (κ1) is 17.3. The summed E-state index contributed by atoms with van der Waals surface area (Å²) < 4.78 is 28.7. The van der Waals surface area contributed by atoms with Crippen LogP contribution in [0.15, 0.2) is 42.9 Å². The van der Waals surface area contributed by atoms with Gasteiger partial charge in [-0.1, -0.05) is 6.07 Å². The largest absolute Gasteiger partial charge is 0.368 e. The summed E-state index contributed by atoms with van der Waals surface area (Å²) in [6.07, 6.45) is 4.55. The summed E-state index contributed by atoms with van der Waals surface area (Å²) in [5, 5.41) is 9.73. The number of carbonyl (C=O) groups is 1. The average molecular weight is 359 g/mol. The van der Waals surface area contributed by atoms with E-state index in [4.69, 9.17) is 5.73 Å². The van der Waals surface area contributed by atoms with Crippen molar-refractivity contribution in [2.75, 3.05) is 10.6 Å². The number of nitrogens with two attached hydrogens (primary N) is 1. The third-order valence-corrected chi connectivity index (χ3v) is 3.37. The van der Waals surface area contributed by atoms with Crippen molar-refractivity contribution in [3.63, 3.8) is 0 Å². The fourth-order valence-electron chi connectivity index (χ4n) is 2.20. The van der Waals surface area contributed by atoms with Gasteiger partial charge in [0.25, 0.3) is 0 Å². The number of benzene rings is 1. The van der Waals surface area contributed by atoms with Crippen molar-refractivity contribution in [1.29, 1.82) is 0 Å². The van der Waals surface area contributed by atoms with Gasteiger partial charge in [0.2, 0.25) is 11.9 Å². The molecular weight excluding hydrogens is 344 g/mol. The highest BCUT2D eigenvalue weighted by molar-refractivity contribution is 5.73. The molecule has 2 aromatic heterocycles. The van der Waals surface area contributed by atoms with Crippen LogP contribution in [0.3, 0.4) is 0 Å². The normalized spacial score (nSPS) is 10.5. The number of hydrogen-bond acceptors (Lipinski definition) is 6. The zero-order chi connectivity index (χ0) is 18.5. The van der Waals surface area contributed by atoms with Gasteiger partial charge in [-0.05, 0) is 18.2 Å². The topological polar surface area (TPSA) is 111 Å². The van der Waals surface area contributed by atoms with Gasteiger partial charge in [0.15, 0.2) is 0 Å². The Hall–Kier alpha value is -3.56. The molecule has 0 aliphatic rings. The number of primary amides is 1. The summed E-state index contributed by atoms with van der Waals surface area (Å²) in [5.41, 5.74) is 5.59. The maximum atomic E-state index is 13.6. The van der Waals surface area contributed by atoms with Gasteiger partial charge in [0.1, 0.15) is 24.0 Å². The quantitative estimate of drug-likeness (QED) is 0.593. The van der Waals surface area contributed by atoms with E-state index in [-0.39, 0.29) is 24.6 Å². The second kappa shape index (κ2) is 7.55. The molecule has 4 N–H and O–H groups in total. The Bertz CT molecular complexity index is 908. The minimum Gasteiger partial charge on any atom is -0.368 e. The summed E-state index contributed by atoms with van der Waals surface area (Å²) in [7, 11) is 0. The Labute approximate surface area is 147 Å². The third-order valence-electron chi connectivity index (χ3n) is 3.37. The molecule has 2 heterocycles. The van der Waals surface area contributed by atoms with E-state index in [9.17, 15) is 13.6 Å². The van der Waals surface area contributed by atoms with Gasteiger partial charge in [-0.25, -0.2) is 13.8 Å². The lowest BCUT2D eigenvalue weighted by Crippen LogP contribution is -2.18. The monoisotopic (exact) mass is 359 g/mol. The van der Waals surface area contributed by atoms with Crippen LogP contribution in [0.25, 0.3) is 0 Å². The van der Waals surface area contributed by atoms with E-state index in [2.05, 4.69) is 25.7 Å². The highest BCUT2D eigenvalue weighted by atomic mass is 19.1. The van der Waals surface area contributed by atoms with Crippen LogP contribution in [0.5, 0.6) is 0 Å². The van der Waals surface area contributed by atoms with Crippen molar-refractivity contribution < 1.29 is 13.6 Å². The van der Waals surface area contributed by atoms with Gasteiger partial charge in [0, 0.05) is 24.5 Å². The molecule has 26 heavy (non-hydrogen) atoms. The van der Waals surface area contributed by atoms with Gasteiger partial charge in [-0.3, -0.25) is 9.48 Å². The van der Waals surface area contributed by atoms with E-state index in [1.165, 1.54) is 35.3 Å². The van der Waals surface area contributed by atoms with Crippen molar-refractivity contribution in [2.24, 2.45) is 5.73 Å². The molecule has 0 bridgehead atoms. The first-order valence-corrected chi connectivity index (χ1v) is 7.59. The fraction of sp³-hybridized carbons (Fsp3) is 0.125. The van der Waals surface area contributed by atoms with E-state index in [0.29, 0.717) is 11.5 Å². The van der Waals surface area contributed by atoms with E-state index >= 15 is 0 Å². The lowest BCUT2D eigenvalue weighted by Gasteiger charge is -2.09. The number of anilines is 3. The molecule has 0 fully saturated rings. The zero-order valence-electron chi connectivity index (χ0n) is 13.5. The molecule has 10 heteroatoms. The van der Waals surface area contributed by atoms with Gasteiger partial charge in [-0.15, -0.1) is 0 Å². The second-order valence-electron chi connectivity index (χ2n) is 5.34. The lowest BCUT2D eigenvalue weighted by atomic mass is 10.2. The van der Waals surface area contributed by atoms with Crippen LogP contribution in [-0.2, 0) is 17.9 Å². The molecule has 0 atom stereocenters. The molecule has 8 nitrogen and oxygen atoms in total. The molecule has 0 saturated carbocycles. The highest BCUT2D eigenvalue weighted by Gasteiger charge is 2.09. The smallest absolute Gasteiger partial charge is 0.239 e. The molecule has 0 spiro atoms. The van der Waals surface area contributed by atoms with Crippen LogP contribution < -0.4 is 16.4 Å². The molecule has 0 saturated heterocycles. The summed E-state index contributed by atoms with van der Waals surface area (Å²) >= 11 is 0. The Morgan fingerprint density at radius 3 is 2.73 bits per heavy atom. The standard InChI is InChI=1S/C16H15F2N7O/c17-12-2-1-3-13(18)11(12)7-21-15-4-5-20-16(24-15)23-10-6-22-25(8-10)9-14(19)26/h1-6,8H,7,9H2,(H2,19,26)(H2,20,21,23,24). The van der Waals surface area contributed by atoms with Crippen LogP contribution in [0.4, 0.5) is 26.2 Å². The predicted octanol–water partition coefficient (Wildman–Crippen LogP) is 1.79. The van der Waals surface area contributed by atoms with Crippen LogP contribution in [0.1, 0.15) is 5.56 Å². The molecule has 134 valence electrons. The minimum absolute atomic E-state index is 0.0433. The maximum absolute atomic E-state index is 13.6. The fourth-order valence-corrected chi connectivity index (χ4v) is 2.20. The lowest BCUT2D eigenvalue weighted by molar-refractivity contribution is -0.118. The third kappa shape index (κ3) is 4.29. The number of rotatable bonds is 7. The average Bonchev–Trinajstić information content (AvgIpc) is 3.01. The van der Waals surface area contributed by atoms with Crippen LogP contribution in [0, 0.1) is 11.6 Å². The van der Waals surface area contributed by atoms with Crippen molar-refractivity contribution in [1.82, 2.24) is 19.7 Å². The Kier molecular flexibility index (Phi) is 5.02. The van der Waals surface area contributed by atoms with Gasteiger partial charge in [0.05, 0.1) is 11.9 Å². The van der Waals surface area contributed by atoms with Crippen LogP contribution >= 0.6 is 0 Å². The van der Waals surface area contributed by atoms with Crippen molar-refractivity contribution in [3.05, 3.63) is 60.1 Å². The van der Waals surface area contributed by atoms with Gasteiger partial charge in [-0.2, -0.15) is 10.1 Å². The van der Waals surface area contributed by atoms with E-state index < -0.39 is 17.5 Å². The number of halogens is 2. The molecule has 0 unspecified atom stereocenters. The van der Waals surface area contributed by atoms with Crippen LogP contribution in [0.2, 0.25) is 0 Å². The number of hydrogen-bond donors (Lipinski definition) is 3. The van der Waals surface area contributed by atoms with E-state index in [0.717, 1.165) is 0 Å². The summed E-state index contributed by atoms with van der Waals surface area (Å²) in [6, 6.07) is 5.26. The Morgan fingerprint density at radius 1 is 1.23 bits per heavy atom. The summed E-state index contributed by atoms with van der Waals surface area (Å²) in [4.78, 5) is 19.1. The summed E-state index contributed by atoms with van der Waals surface area (Å²) in [5.74, 6) is -1.14. The number of nitrogens with zero attached hydrogens (tertiary/aromatic N) is 4. The van der Waals surface area contributed by atoms with Gasteiger partial charge >= 0.3 is 0 Å². The number of aromatic nitrogens is 4. The second-order valence-corrected chi connectivity index (χ2v) is 5.34. The molecule has 3 aromatic rings. The highest BCUT2D eigenvalue weighted by Crippen LogP contribution is 2.16.